The van der Waals surface area contributed by atoms with Crippen LogP contribution < -0.4 is 0 Å². The van der Waals surface area contributed by atoms with E-state index in [1.807, 2.05) is 37.7 Å². The first kappa shape index (κ1) is 9.99. The van der Waals surface area contributed by atoms with Crippen LogP contribution in [0.4, 0.5) is 0 Å². The Labute approximate surface area is 78.7 Å². The molecule has 0 fully saturated rings. The van der Waals surface area contributed by atoms with E-state index in [-0.39, 0.29) is 6.61 Å². The minimum atomic E-state index is 0.203. The SMILES string of the molecule is Cc1nn(C)c(C)c1C=CCCO. The third-order valence-corrected chi connectivity index (χ3v) is 2.15. The second-order valence-corrected chi connectivity index (χ2v) is 3.12. The van der Waals surface area contributed by atoms with Crippen LogP contribution in [0.25, 0.3) is 6.08 Å². The first-order valence-corrected chi connectivity index (χ1v) is 4.44. The quantitative estimate of drug-likeness (QED) is 0.764. The molecule has 0 unspecified atom stereocenters. The third kappa shape index (κ3) is 2.18. The Balaban J connectivity index is 2.87. The van der Waals surface area contributed by atoms with Crippen LogP contribution in [-0.4, -0.2) is 21.5 Å². The number of aliphatic hydroxyl groups is 1. The zero-order valence-corrected chi connectivity index (χ0v) is 8.41. The van der Waals surface area contributed by atoms with Gasteiger partial charge in [-0.1, -0.05) is 12.2 Å². The number of hydrogen-bond acceptors (Lipinski definition) is 2. The molecule has 1 rings (SSSR count). The number of aliphatic hydroxyl groups excluding tert-OH is 1. The van der Waals surface area contributed by atoms with Gasteiger partial charge in [0.05, 0.1) is 5.69 Å². The second-order valence-electron chi connectivity index (χ2n) is 3.12. The molecule has 1 aromatic rings. The second kappa shape index (κ2) is 4.23. The van der Waals surface area contributed by atoms with Crippen LogP contribution in [-0.2, 0) is 7.05 Å². The molecule has 1 aromatic heterocycles. The molecule has 0 aliphatic heterocycles. The van der Waals surface area contributed by atoms with Crippen molar-refractivity contribution in [3.63, 3.8) is 0 Å². The van der Waals surface area contributed by atoms with E-state index < -0.39 is 0 Å². The molecule has 0 aliphatic carbocycles. The molecule has 0 spiro atoms. The minimum Gasteiger partial charge on any atom is -0.396 e. The fourth-order valence-corrected chi connectivity index (χ4v) is 1.31. The van der Waals surface area contributed by atoms with Gasteiger partial charge in [0.25, 0.3) is 0 Å². The van der Waals surface area contributed by atoms with E-state index in [2.05, 4.69) is 5.10 Å². The summed E-state index contributed by atoms with van der Waals surface area (Å²) < 4.78 is 1.87. The fourth-order valence-electron chi connectivity index (χ4n) is 1.31. The lowest BCUT2D eigenvalue weighted by Gasteiger charge is -1.93. The van der Waals surface area contributed by atoms with Crippen molar-refractivity contribution in [1.29, 1.82) is 0 Å². The Morgan fingerprint density at radius 3 is 2.62 bits per heavy atom. The van der Waals surface area contributed by atoms with Crippen LogP contribution in [0.15, 0.2) is 6.08 Å². The van der Waals surface area contributed by atoms with Gasteiger partial charge in [-0.05, 0) is 20.3 Å². The average molecular weight is 180 g/mol. The molecule has 13 heavy (non-hydrogen) atoms. The molecule has 0 radical (unpaired) electrons. The predicted octanol–water partition coefficient (Wildman–Crippen LogP) is 1.43. The Bertz CT molecular complexity index is 313. The minimum absolute atomic E-state index is 0.203. The summed E-state index contributed by atoms with van der Waals surface area (Å²) in [5.74, 6) is 0. The standard InChI is InChI=1S/C10H16N2O/c1-8-10(6-4-5-7-13)9(2)12(3)11-8/h4,6,13H,5,7H2,1-3H3. The van der Waals surface area contributed by atoms with Crippen LogP contribution in [0.3, 0.4) is 0 Å². The molecular formula is C10H16N2O. The molecule has 0 bridgehead atoms. The summed E-state index contributed by atoms with van der Waals surface area (Å²) >= 11 is 0. The van der Waals surface area contributed by atoms with Crippen LogP contribution in [0.5, 0.6) is 0 Å². The number of rotatable bonds is 3. The van der Waals surface area contributed by atoms with Crippen LogP contribution in [0, 0.1) is 13.8 Å². The summed E-state index contributed by atoms with van der Waals surface area (Å²) in [7, 11) is 1.94. The van der Waals surface area contributed by atoms with E-state index >= 15 is 0 Å². The lowest BCUT2D eigenvalue weighted by atomic mass is 10.2. The van der Waals surface area contributed by atoms with Gasteiger partial charge in [-0.15, -0.1) is 0 Å². The molecule has 0 saturated heterocycles. The molecule has 72 valence electrons. The highest BCUT2D eigenvalue weighted by atomic mass is 16.2. The Morgan fingerprint density at radius 2 is 2.15 bits per heavy atom. The highest BCUT2D eigenvalue weighted by molar-refractivity contribution is 5.54. The van der Waals surface area contributed by atoms with E-state index in [4.69, 9.17) is 5.11 Å². The van der Waals surface area contributed by atoms with Crippen molar-refractivity contribution in [2.75, 3.05) is 6.61 Å². The molecule has 0 aromatic carbocycles. The summed E-state index contributed by atoms with van der Waals surface area (Å²) in [5.41, 5.74) is 3.36. The van der Waals surface area contributed by atoms with Crippen LogP contribution >= 0.6 is 0 Å². The zero-order chi connectivity index (χ0) is 9.84. The topological polar surface area (TPSA) is 38.0 Å². The van der Waals surface area contributed by atoms with Gasteiger partial charge in [-0.2, -0.15) is 5.10 Å². The van der Waals surface area contributed by atoms with E-state index in [0.29, 0.717) is 6.42 Å². The number of aromatic nitrogens is 2. The number of nitrogens with zero attached hydrogens (tertiary/aromatic N) is 2. The van der Waals surface area contributed by atoms with E-state index in [1.165, 1.54) is 0 Å². The van der Waals surface area contributed by atoms with Crippen molar-refractivity contribution < 1.29 is 5.11 Å². The molecule has 0 amide bonds. The first-order chi connectivity index (χ1) is 6.16. The number of aryl methyl sites for hydroxylation is 2. The van der Waals surface area contributed by atoms with E-state index in [0.717, 1.165) is 17.0 Å². The smallest absolute Gasteiger partial charge is 0.0668 e. The lowest BCUT2D eigenvalue weighted by molar-refractivity contribution is 0.303. The van der Waals surface area contributed by atoms with Crippen molar-refractivity contribution >= 4 is 6.08 Å². The van der Waals surface area contributed by atoms with Crippen LogP contribution in [0.2, 0.25) is 0 Å². The van der Waals surface area contributed by atoms with Gasteiger partial charge in [0, 0.05) is 24.9 Å². The Hall–Kier alpha value is -1.09. The predicted molar refractivity (Wildman–Crippen MR) is 53.4 cm³/mol. The lowest BCUT2D eigenvalue weighted by Crippen LogP contribution is -1.92. The van der Waals surface area contributed by atoms with Gasteiger partial charge in [0.15, 0.2) is 0 Å². The average Bonchev–Trinajstić information content (AvgIpc) is 2.32. The maximum absolute atomic E-state index is 8.62. The Morgan fingerprint density at radius 1 is 1.46 bits per heavy atom. The summed E-state index contributed by atoms with van der Waals surface area (Å²) in [6.07, 6.45) is 4.69. The van der Waals surface area contributed by atoms with Gasteiger partial charge < -0.3 is 5.11 Å². The zero-order valence-electron chi connectivity index (χ0n) is 8.41. The molecule has 1 N–H and O–H groups in total. The normalized spacial score (nSPS) is 11.4. The van der Waals surface area contributed by atoms with E-state index in [1.54, 1.807) is 0 Å². The Kier molecular flexibility index (Phi) is 3.25. The summed E-state index contributed by atoms with van der Waals surface area (Å²) in [5, 5.41) is 12.9. The van der Waals surface area contributed by atoms with Gasteiger partial charge in [-0.25, -0.2) is 0 Å². The van der Waals surface area contributed by atoms with Crippen molar-refractivity contribution in [2.24, 2.45) is 7.05 Å². The summed E-state index contributed by atoms with van der Waals surface area (Å²) in [6.45, 7) is 4.24. The third-order valence-electron chi connectivity index (χ3n) is 2.15. The molecule has 3 nitrogen and oxygen atoms in total. The number of hydrogen-bond donors (Lipinski definition) is 1. The molecule has 0 atom stereocenters. The summed E-state index contributed by atoms with van der Waals surface area (Å²) in [6, 6.07) is 0. The fraction of sp³-hybridized carbons (Fsp3) is 0.500. The maximum atomic E-state index is 8.62. The molecular weight excluding hydrogens is 164 g/mol. The highest BCUT2D eigenvalue weighted by Gasteiger charge is 2.04. The van der Waals surface area contributed by atoms with Crippen molar-refractivity contribution in [3.05, 3.63) is 23.0 Å². The van der Waals surface area contributed by atoms with Crippen LogP contribution in [0.1, 0.15) is 23.4 Å². The van der Waals surface area contributed by atoms with Gasteiger partial charge in [-0.3, -0.25) is 4.68 Å². The molecule has 3 heteroatoms. The van der Waals surface area contributed by atoms with Gasteiger partial charge in [0.1, 0.15) is 0 Å². The monoisotopic (exact) mass is 180 g/mol. The molecule has 0 saturated carbocycles. The van der Waals surface area contributed by atoms with E-state index in [9.17, 15) is 0 Å². The molecule has 0 aliphatic rings. The van der Waals surface area contributed by atoms with Crippen molar-refractivity contribution in [3.8, 4) is 0 Å². The van der Waals surface area contributed by atoms with Crippen molar-refractivity contribution in [1.82, 2.24) is 9.78 Å². The largest absolute Gasteiger partial charge is 0.396 e. The van der Waals surface area contributed by atoms with Gasteiger partial charge >= 0.3 is 0 Å². The maximum Gasteiger partial charge on any atom is 0.0668 e. The first-order valence-electron chi connectivity index (χ1n) is 4.44. The van der Waals surface area contributed by atoms with Crippen molar-refractivity contribution in [2.45, 2.75) is 20.3 Å². The summed E-state index contributed by atoms with van der Waals surface area (Å²) in [4.78, 5) is 0. The van der Waals surface area contributed by atoms with Gasteiger partial charge in [0.2, 0.25) is 0 Å². The molecule has 1 heterocycles. The highest BCUT2D eigenvalue weighted by Crippen LogP contribution is 2.13.